The molecule has 4 rings (SSSR count). The van der Waals surface area contributed by atoms with Crippen molar-refractivity contribution in [2.24, 2.45) is 0 Å². The number of nitrogens with zero attached hydrogens (tertiary/aromatic N) is 3. The molecule has 200 valence electrons. The minimum absolute atomic E-state index is 0.119. The number of anilines is 1. The average molecular weight is 521 g/mol. The fourth-order valence-corrected chi connectivity index (χ4v) is 4.43. The molecule has 0 saturated carbocycles. The highest BCUT2D eigenvalue weighted by Gasteiger charge is 2.23. The summed E-state index contributed by atoms with van der Waals surface area (Å²) in [7, 11) is 0. The fourth-order valence-electron chi connectivity index (χ4n) is 4.43. The van der Waals surface area contributed by atoms with Crippen molar-refractivity contribution in [2.45, 2.75) is 26.3 Å². The molecule has 0 aliphatic carbocycles. The Labute approximate surface area is 222 Å². The standard InChI is InChI=1S/C30H34F2N4O2/c1-22(2)24-7-13-28(14-8-24)33-30(38)35-18-15-34(16-19-35)17-20-36(21-23-3-9-26(31)10-4-23)29(37)25-5-11-27(32)12-6-25/h3-14,22H,15-21H2,1-2H3,(H,33,38). The van der Waals surface area contributed by atoms with E-state index >= 15 is 0 Å². The second kappa shape index (κ2) is 12.6. The maximum atomic E-state index is 13.4. The molecule has 8 heteroatoms. The minimum Gasteiger partial charge on any atom is -0.333 e. The van der Waals surface area contributed by atoms with E-state index in [1.54, 1.807) is 21.9 Å². The summed E-state index contributed by atoms with van der Waals surface area (Å²) >= 11 is 0. The van der Waals surface area contributed by atoms with Crippen molar-refractivity contribution in [3.05, 3.63) is 101 Å². The number of halogens is 2. The Morgan fingerprint density at radius 2 is 1.42 bits per heavy atom. The Balaban J connectivity index is 1.31. The summed E-state index contributed by atoms with van der Waals surface area (Å²) in [6.07, 6.45) is 0. The van der Waals surface area contributed by atoms with Crippen LogP contribution in [0, 0.1) is 11.6 Å². The molecule has 3 amide bonds. The SMILES string of the molecule is CC(C)c1ccc(NC(=O)N2CCN(CCN(Cc3ccc(F)cc3)C(=O)c3ccc(F)cc3)CC2)cc1. The predicted molar refractivity (Wildman–Crippen MR) is 145 cm³/mol. The van der Waals surface area contributed by atoms with Gasteiger partial charge >= 0.3 is 6.03 Å². The van der Waals surface area contributed by atoms with Gasteiger partial charge < -0.3 is 15.1 Å². The molecule has 6 nitrogen and oxygen atoms in total. The van der Waals surface area contributed by atoms with Gasteiger partial charge in [0.05, 0.1) is 0 Å². The van der Waals surface area contributed by atoms with Crippen molar-refractivity contribution in [3.8, 4) is 0 Å². The number of carbonyl (C=O) groups excluding carboxylic acids is 2. The van der Waals surface area contributed by atoms with Gasteiger partial charge in [0.15, 0.2) is 0 Å². The molecule has 0 spiro atoms. The average Bonchev–Trinajstić information content (AvgIpc) is 2.92. The van der Waals surface area contributed by atoms with Crippen LogP contribution in [0.3, 0.4) is 0 Å². The van der Waals surface area contributed by atoms with Gasteiger partial charge in [-0.25, -0.2) is 13.6 Å². The molecule has 1 N–H and O–H groups in total. The highest BCUT2D eigenvalue weighted by atomic mass is 19.1. The molecule has 0 radical (unpaired) electrons. The van der Waals surface area contributed by atoms with Crippen LogP contribution < -0.4 is 5.32 Å². The van der Waals surface area contributed by atoms with Crippen LogP contribution in [0.5, 0.6) is 0 Å². The summed E-state index contributed by atoms with van der Waals surface area (Å²) in [6.45, 7) is 8.20. The lowest BCUT2D eigenvalue weighted by Gasteiger charge is -2.36. The van der Waals surface area contributed by atoms with Gasteiger partial charge in [0.2, 0.25) is 0 Å². The number of rotatable bonds is 8. The number of carbonyl (C=O) groups is 2. The molecule has 1 saturated heterocycles. The number of nitrogens with one attached hydrogen (secondary N) is 1. The van der Waals surface area contributed by atoms with Crippen LogP contribution in [0.4, 0.5) is 19.3 Å². The first-order chi connectivity index (χ1) is 18.3. The van der Waals surface area contributed by atoms with Gasteiger partial charge in [-0.2, -0.15) is 0 Å². The lowest BCUT2D eigenvalue weighted by molar-refractivity contribution is 0.0704. The minimum atomic E-state index is -0.402. The fraction of sp³-hybridized carbons (Fsp3) is 0.333. The zero-order valence-corrected chi connectivity index (χ0v) is 21.9. The Kier molecular flexibility index (Phi) is 9.07. The Bertz CT molecular complexity index is 1210. The molecule has 1 heterocycles. The summed E-state index contributed by atoms with van der Waals surface area (Å²) < 4.78 is 26.8. The van der Waals surface area contributed by atoms with E-state index in [2.05, 4.69) is 24.1 Å². The molecule has 1 fully saturated rings. The third kappa shape index (κ3) is 7.38. The van der Waals surface area contributed by atoms with Crippen molar-refractivity contribution >= 4 is 17.6 Å². The van der Waals surface area contributed by atoms with E-state index in [-0.39, 0.29) is 17.8 Å². The highest BCUT2D eigenvalue weighted by molar-refractivity contribution is 5.94. The second-order valence-corrected chi connectivity index (χ2v) is 9.90. The van der Waals surface area contributed by atoms with Crippen LogP contribution in [-0.2, 0) is 6.54 Å². The van der Waals surface area contributed by atoms with Crippen LogP contribution in [0.25, 0.3) is 0 Å². The smallest absolute Gasteiger partial charge is 0.321 e. The van der Waals surface area contributed by atoms with E-state index in [4.69, 9.17) is 0 Å². The van der Waals surface area contributed by atoms with Crippen LogP contribution in [0.2, 0.25) is 0 Å². The quantitative estimate of drug-likeness (QED) is 0.422. The first kappa shape index (κ1) is 27.3. The number of hydrogen-bond donors (Lipinski definition) is 1. The van der Waals surface area contributed by atoms with E-state index in [0.29, 0.717) is 57.3 Å². The van der Waals surface area contributed by atoms with E-state index in [0.717, 1.165) is 11.3 Å². The molecule has 3 aromatic rings. The molecule has 1 aliphatic heterocycles. The van der Waals surface area contributed by atoms with Gasteiger partial charge in [0.1, 0.15) is 11.6 Å². The van der Waals surface area contributed by atoms with Gasteiger partial charge in [-0.15, -0.1) is 0 Å². The van der Waals surface area contributed by atoms with Gasteiger partial charge in [-0.05, 0) is 65.6 Å². The van der Waals surface area contributed by atoms with E-state index < -0.39 is 5.82 Å². The van der Waals surface area contributed by atoms with E-state index in [1.807, 2.05) is 24.3 Å². The summed E-state index contributed by atoms with van der Waals surface area (Å²) in [5, 5.41) is 2.97. The summed E-state index contributed by atoms with van der Waals surface area (Å²) in [5.74, 6) is -0.512. The zero-order valence-electron chi connectivity index (χ0n) is 21.9. The summed E-state index contributed by atoms with van der Waals surface area (Å²) in [6, 6.07) is 19.4. The first-order valence-corrected chi connectivity index (χ1v) is 13.0. The Hall–Kier alpha value is -3.78. The van der Waals surface area contributed by atoms with Crippen LogP contribution >= 0.6 is 0 Å². The largest absolute Gasteiger partial charge is 0.333 e. The van der Waals surface area contributed by atoms with Crippen molar-refractivity contribution in [3.63, 3.8) is 0 Å². The number of benzene rings is 3. The number of urea groups is 1. The van der Waals surface area contributed by atoms with E-state index in [1.165, 1.54) is 42.0 Å². The van der Waals surface area contributed by atoms with Crippen LogP contribution in [-0.4, -0.2) is 65.9 Å². The summed E-state index contributed by atoms with van der Waals surface area (Å²) in [5.41, 5.74) is 3.21. The normalized spacial score (nSPS) is 14.0. The molecular formula is C30H34F2N4O2. The molecule has 0 bridgehead atoms. The van der Waals surface area contributed by atoms with Gasteiger partial charge in [-0.1, -0.05) is 38.1 Å². The lowest BCUT2D eigenvalue weighted by atomic mass is 10.0. The van der Waals surface area contributed by atoms with Gasteiger partial charge in [0.25, 0.3) is 5.91 Å². The van der Waals surface area contributed by atoms with Crippen LogP contribution in [0.15, 0.2) is 72.8 Å². The maximum absolute atomic E-state index is 13.4. The molecule has 0 aromatic heterocycles. The third-order valence-corrected chi connectivity index (χ3v) is 6.84. The third-order valence-electron chi connectivity index (χ3n) is 6.84. The number of amides is 3. The van der Waals surface area contributed by atoms with E-state index in [9.17, 15) is 18.4 Å². The monoisotopic (exact) mass is 520 g/mol. The lowest BCUT2D eigenvalue weighted by Crippen LogP contribution is -2.51. The summed E-state index contributed by atoms with van der Waals surface area (Å²) in [4.78, 5) is 31.7. The first-order valence-electron chi connectivity index (χ1n) is 13.0. The number of hydrogen-bond acceptors (Lipinski definition) is 3. The van der Waals surface area contributed by atoms with Gasteiger partial charge in [0, 0.05) is 57.1 Å². The molecule has 0 atom stereocenters. The second-order valence-electron chi connectivity index (χ2n) is 9.90. The molecule has 3 aromatic carbocycles. The van der Waals surface area contributed by atoms with Crippen LogP contribution in [0.1, 0.15) is 41.3 Å². The Morgan fingerprint density at radius 3 is 2.00 bits per heavy atom. The topological polar surface area (TPSA) is 55.9 Å². The Morgan fingerprint density at radius 1 is 0.842 bits per heavy atom. The molecule has 38 heavy (non-hydrogen) atoms. The predicted octanol–water partition coefficient (Wildman–Crippen LogP) is 5.58. The maximum Gasteiger partial charge on any atom is 0.321 e. The van der Waals surface area contributed by atoms with Crippen molar-refractivity contribution < 1.29 is 18.4 Å². The van der Waals surface area contributed by atoms with Crippen molar-refractivity contribution in [1.29, 1.82) is 0 Å². The van der Waals surface area contributed by atoms with Crippen molar-refractivity contribution in [2.75, 3.05) is 44.6 Å². The molecular weight excluding hydrogens is 486 g/mol. The highest BCUT2D eigenvalue weighted by Crippen LogP contribution is 2.18. The zero-order chi connectivity index (χ0) is 27.1. The number of piperazine rings is 1. The molecule has 1 aliphatic rings. The molecule has 0 unspecified atom stereocenters. The van der Waals surface area contributed by atoms with Gasteiger partial charge in [-0.3, -0.25) is 9.69 Å². The van der Waals surface area contributed by atoms with Crippen molar-refractivity contribution in [1.82, 2.24) is 14.7 Å².